The van der Waals surface area contributed by atoms with Gasteiger partial charge in [-0.15, -0.1) is 0 Å². The van der Waals surface area contributed by atoms with Crippen molar-refractivity contribution in [1.82, 2.24) is 10.2 Å². The Kier molecular flexibility index (Phi) is 4.88. The van der Waals surface area contributed by atoms with Crippen LogP contribution in [-0.4, -0.2) is 43.1 Å². The van der Waals surface area contributed by atoms with Crippen molar-refractivity contribution in [2.45, 2.75) is 33.6 Å². The Balaban J connectivity index is 1.59. The van der Waals surface area contributed by atoms with Crippen LogP contribution in [0.3, 0.4) is 0 Å². The topological polar surface area (TPSA) is 67.9 Å². The summed E-state index contributed by atoms with van der Waals surface area (Å²) in [6, 6.07) is 5.30. The molecule has 1 saturated heterocycles. The van der Waals surface area contributed by atoms with E-state index in [1.807, 2.05) is 25.7 Å². The zero-order valence-electron chi connectivity index (χ0n) is 15.1. The molecule has 0 spiro atoms. The summed E-state index contributed by atoms with van der Waals surface area (Å²) in [6.07, 6.45) is 1.97. The van der Waals surface area contributed by atoms with Crippen LogP contribution in [0.5, 0.6) is 11.5 Å². The molecule has 6 heteroatoms. The summed E-state index contributed by atoms with van der Waals surface area (Å²) >= 11 is 0. The van der Waals surface area contributed by atoms with Crippen LogP contribution in [0.4, 0.5) is 0 Å². The number of nitrogens with one attached hydrogen (secondary N) is 1. The molecule has 0 saturated carbocycles. The normalized spacial score (nSPS) is 19.6. The Morgan fingerprint density at radius 3 is 2.76 bits per heavy atom. The first kappa shape index (κ1) is 17.6. The number of amides is 2. The monoisotopic (exact) mass is 346 g/mol. The fraction of sp³-hybridized carbons (Fsp3) is 0.579. The first-order chi connectivity index (χ1) is 11.8. The molecule has 0 radical (unpaired) electrons. The molecule has 1 aromatic rings. The van der Waals surface area contributed by atoms with Gasteiger partial charge in [0, 0.05) is 30.6 Å². The van der Waals surface area contributed by atoms with Crippen LogP contribution in [-0.2, 0) is 4.79 Å². The average Bonchev–Trinajstić information content (AvgIpc) is 3.06. The van der Waals surface area contributed by atoms with E-state index in [9.17, 15) is 9.59 Å². The molecule has 3 rings (SSSR count). The lowest BCUT2D eigenvalue weighted by Gasteiger charge is -2.33. The number of benzene rings is 1. The third-order valence-electron chi connectivity index (χ3n) is 4.66. The molecule has 1 N–H and O–H groups in total. The standard InChI is InChI=1S/C19H26N2O4/c1-19(2,3)18(23)20-10-13-5-4-8-21(11-13)17(22)14-6-7-15-16(9-14)25-12-24-15/h6-7,9,13H,4-5,8,10-12H2,1-3H3,(H,20,23). The number of hydrogen-bond acceptors (Lipinski definition) is 4. The summed E-state index contributed by atoms with van der Waals surface area (Å²) in [7, 11) is 0. The van der Waals surface area contributed by atoms with Gasteiger partial charge >= 0.3 is 0 Å². The van der Waals surface area contributed by atoms with E-state index in [4.69, 9.17) is 9.47 Å². The highest BCUT2D eigenvalue weighted by atomic mass is 16.7. The molecule has 2 amide bonds. The third kappa shape index (κ3) is 4.06. The van der Waals surface area contributed by atoms with Gasteiger partial charge in [-0.3, -0.25) is 9.59 Å². The van der Waals surface area contributed by atoms with Crippen molar-refractivity contribution < 1.29 is 19.1 Å². The summed E-state index contributed by atoms with van der Waals surface area (Å²) in [4.78, 5) is 26.7. The summed E-state index contributed by atoms with van der Waals surface area (Å²) in [5, 5.41) is 3.01. The van der Waals surface area contributed by atoms with E-state index in [0.29, 0.717) is 30.2 Å². The lowest BCUT2D eigenvalue weighted by Crippen LogP contribution is -2.45. The maximum Gasteiger partial charge on any atom is 0.254 e. The number of rotatable bonds is 3. The molecular formula is C19H26N2O4. The highest BCUT2D eigenvalue weighted by molar-refractivity contribution is 5.95. The second kappa shape index (κ2) is 6.94. The fourth-order valence-corrected chi connectivity index (χ4v) is 3.13. The number of carbonyl (C=O) groups is 2. The SMILES string of the molecule is CC(C)(C)C(=O)NCC1CCCN(C(=O)c2ccc3c(c2)OCO3)C1. The number of nitrogens with zero attached hydrogens (tertiary/aromatic N) is 1. The number of piperidine rings is 1. The number of likely N-dealkylation sites (tertiary alicyclic amines) is 1. The smallest absolute Gasteiger partial charge is 0.254 e. The molecule has 25 heavy (non-hydrogen) atoms. The maximum atomic E-state index is 12.8. The van der Waals surface area contributed by atoms with Gasteiger partial charge < -0.3 is 19.7 Å². The molecule has 136 valence electrons. The molecule has 2 aliphatic heterocycles. The van der Waals surface area contributed by atoms with Crippen LogP contribution in [0.25, 0.3) is 0 Å². The highest BCUT2D eigenvalue weighted by Crippen LogP contribution is 2.33. The molecule has 0 aliphatic carbocycles. The summed E-state index contributed by atoms with van der Waals surface area (Å²) in [6.45, 7) is 7.93. The van der Waals surface area contributed by atoms with Gasteiger partial charge in [-0.1, -0.05) is 20.8 Å². The number of hydrogen-bond donors (Lipinski definition) is 1. The van der Waals surface area contributed by atoms with Gasteiger partial charge in [-0.05, 0) is 37.0 Å². The van der Waals surface area contributed by atoms with E-state index in [-0.39, 0.29) is 24.5 Å². The molecule has 6 nitrogen and oxygen atoms in total. The van der Waals surface area contributed by atoms with Crippen LogP contribution in [0, 0.1) is 11.3 Å². The van der Waals surface area contributed by atoms with Crippen molar-refractivity contribution in [3.05, 3.63) is 23.8 Å². The van der Waals surface area contributed by atoms with Crippen LogP contribution < -0.4 is 14.8 Å². The van der Waals surface area contributed by atoms with Crippen molar-refractivity contribution >= 4 is 11.8 Å². The quantitative estimate of drug-likeness (QED) is 0.913. The van der Waals surface area contributed by atoms with Crippen molar-refractivity contribution in [2.75, 3.05) is 26.4 Å². The molecule has 1 aromatic carbocycles. The number of carbonyl (C=O) groups excluding carboxylic acids is 2. The molecule has 0 bridgehead atoms. The van der Waals surface area contributed by atoms with E-state index in [1.165, 1.54) is 0 Å². The minimum absolute atomic E-state index is 0.00477. The number of ether oxygens (including phenoxy) is 2. The molecule has 2 aliphatic rings. The Labute approximate surface area is 148 Å². The lowest BCUT2D eigenvalue weighted by molar-refractivity contribution is -0.128. The zero-order chi connectivity index (χ0) is 18.0. The first-order valence-electron chi connectivity index (χ1n) is 8.82. The zero-order valence-corrected chi connectivity index (χ0v) is 15.1. The lowest BCUT2D eigenvalue weighted by atomic mass is 9.94. The molecular weight excluding hydrogens is 320 g/mol. The minimum atomic E-state index is -0.392. The van der Waals surface area contributed by atoms with Crippen molar-refractivity contribution in [2.24, 2.45) is 11.3 Å². The van der Waals surface area contributed by atoms with E-state index < -0.39 is 5.41 Å². The molecule has 1 atom stereocenters. The summed E-state index contributed by atoms with van der Waals surface area (Å²) < 4.78 is 10.6. The van der Waals surface area contributed by atoms with Crippen LogP contribution in [0.15, 0.2) is 18.2 Å². The Bertz CT molecular complexity index is 666. The van der Waals surface area contributed by atoms with E-state index in [2.05, 4.69) is 5.32 Å². The van der Waals surface area contributed by atoms with Gasteiger partial charge in [0.05, 0.1) is 0 Å². The summed E-state index contributed by atoms with van der Waals surface area (Å²) in [5.41, 5.74) is 0.222. The van der Waals surface area contributed by atoms with E-state index >= 15 is 0 Å². The molecule has 1 fully saturated rings. The number of fused-ring (bicyclic) bond motifs is 1. The third-order valence-corrected chi connectivity index (χ3v) is 4.66. The highest BCUT2D eigenvalue weighted by Gasteiger charge is 2.27. The Morgan fingerprint density at radius 2 is 2.00 bits per heavy atom. The molecule has 2 heterocycles. The molecule has 1 unspecified atom stereocenters. The van der Waals surface area contributed by atoms with Gasteiger partial charge in [0.25, 0.3) is 5.91 Å². The van der Waals surface area contributed by atoms with Gasteiger partial charge in [0.2, 0.25) is 12.7 Å². The van der Waals surface area contributed by atoms with Gasteiger partial charge in [0.1, 0.15) is 0 Å². The molecule has 0 aromatic heterocycles. The largest absolute Gasteiger partial charge is 0.454 e. The maximum absolute atomic E-state index is 12.8. The van der Waals surface area contributed by atoms with E-state index in [1.54, 1.807) is 18.2 Å². The second-order valence-electron chi connectivity index (χ2n) is 7.79. The predicted molar refractivity (Wildman–Crippen MR) is 93.7 cm³/mol. The first-order valence-corrected chi connectivity index (χ1v) is 8.82. The van der Waals surface area contributed by atoms with Crippen molar-refractivity contribution in [1.29, 1.82) is 0 Å². The van der Waals surface area contributed by atoms with Crippen LogP contribution in [0.1, 0.15) is 44.0 Å². The second-order valence-corrected chi connectivity index (χ2v) is 7.79. The van der Waals surface area contributed by atoms with Gasteiger partial charge in [-0.25, -0.2) is 0 Å². The van der Waals surface area contributed by atoms with Crippen molar-refractivity contribution in [3.63, 3.8) is 0 Å². The van der Waals surface area contributed by atoms with Gasteiger partial charge in [0.15, 0.2) is 11.5 Å². The van der Waals surface area contributed by atoms with Crippen LogP contribution in [0.2, 0.25) is 0 Å². The van der Waals surface area contributed by atoms with Gasteiger partial charge in [-0.2, -0.15) is 0 Å². The summed E-state index contributed by atoms with van der Waals surface area (Å²) in [5.74, 6) is 1.64. The Hall–Kier alpha value is -2.24. The minimum Gasteiger partial charge on any atom is -0.454 e. The van der Waals surface area contributed by atoms with E-state index in [0.717, 1.165) is 19.4 Å². The van der Waals surface area contributed by atoms with Crippen molar-refractivity contribution in [3.8, 4) is 11.5 Å². The Morgan fingerprint density at radius 1 is 1.24 bits per heavy atom. The van der Waals surface area contributed by atoms with Crippen LogP contribution >= 0.6 is 0 Å². The average molecular weight is 346 g/mol. The fourth-order valence-electron chi connectivity index (χ4n) is 3.13. The predicted octanol–water partition coefficient (Wildman–Crippen LogP) is 2.43.